The summed E-state index contributed by atoms with van der Waals surface area (Å²) in [6, 6.07) is 8.15. The molecule has 0 saturated heterocycles. The first-order valence-electron chi connectivity index (χ1n) is 13.9. The van der Waals surface area contributed by atoms with E-state index in [9.17, 15) is 14.3 Å². The van der Waals surface area contributed by atoms with Gasteiger partial charge in [0.1, 0.15) is 22.8 Å². The van der Waals surface area contributed by atoms with E-state index in [1.54, 1.807) is 26.4 Å². The van der Waals surface area contributed by atoms with Crippen molar-refractivity contribution >= 4 is 17.5 Å². The molecule has 2 aromatic heterocycles. The highest BCUT2D eigenvalue weighted by atomic mass is 19.1. The van der Waals surface area contributed by atoms with E-state index in [1.807, 2.05) is 71.2 Å². The van der Waals surface area contributed by atoms with E-state index in [-0.39, 0.29) is 13.2 Å². The summed E-state index contributed by atoms with van der Waals surface area (Å²) in [6.07, 6.45) is 2.68. The molecule has 3 aromatic rings. The lowest BCUT2D eigenvalue weighted by Gasteiger charge is -2.28. The largest absolute Gasteiger partial charge is 0.492 e. The van der Waals surface area contributed by atoms with Crippen LogP contribution in [0.15, 0.2) is 59.0 Å². The van der Waals surface area contributed by atoms with E-state index in [2.05, 4.69) is 9.98 Å². The number of aromatic nitrogens is 2. The van der Waals surface area contributed by atoms with Gasteiger partial charge in [-0.25, -0.2) is 14.2 Å². The maximum absolute atomic E-state index is 14.4. The Morgan fingerprint density at radius 2 is 1.88 bits per heavy atom. The third-order valence-corrected chi connectivity index (χ3v) is 6.79. The molecule has 1 amide bonds. The monoisotopic (exact) mass is 581 g/mol. The number of imidazole rings is 1. The maximum Gasteiger partial charge on any atom is 0.410 e. The van der Waals surface area contributed by atoms with Gasteiger partial charge in [-0.3, -0.25) is 4.99 Å². The highest BCUT2D eigenvalue weighted by Crippen LogP contribution is 2.32. The van der Waals surface area contributed by atoms with Crippen LogP contribution < -0.4 is 10.5 Å². The van der Waals surface area contributed by atoms with Crippen molar-refractivity contribution in [3.05, 3.63) is 65.5 Å². The molecule has 1 aromatic carbocycles. The number of aliphatic hydroxyl groups is 1. The van der Waals surface area contributed by atoms with Crippen LogP contribution in [0.1, 0.15) is 60.6 Å². The molecular formula is C32H44FN5O4. The lowest BCUT2D eigenvalue weighted by atomic mass is 9.85. The Morgan fingerprint density at radius 3 is 2.50 bits per heavy atom. The van der Waals surface area contributed by atoms with Gasteiger partial charge in [0.25, 0.3) is 0 Å². The quantitative estimate of drug-likeness (QED) is 0.300. The smallest absolute Gasteiger partial charge is 0.410 e. The van der Waals surface area contributed by atoms with Crippen molar-refractivity contribution in [3.63, 3.8) is 0 Å². The number of carbonyl (C=O) groups is 1. The number of carbonyl (C=O) groups excluding carboxylic acids is 1. The molecule has 0 aliphatic carbocycles. The van der Waals surface area contributed by atoms with Crippen LogP contribution in [0.25, 0.3) is 16.8 Å². The van der Waals surface area contributed by atoms with Gasteiger partial charge in [-0.05, 0) is 62.9 Å². The maximum atomic E-state index is 14.4. The summed E-state index contributed by atoms with van der Waals surface area (Å²) in [7, 11) is 3.34. The minimum absolute atomic E-state index is 0.190. The van der Waals surface area contributed by atoms with Crippen molar-refractivity contribution in [2.24, 2.45) is 16.1 Å². The Hall–Kier alpha value is -3.92. The fourth-order valence-corrected chi connectivity index (χ4v) is 4.37. The van der Waals surface area contributed by atoms with E-state index in [4.69, 9.17) is 15.2 Å². The Balaban J connectivity index is 1.89. The number of pyridine rings is 1. The van der Waals surface area contributed by atoms with Crippen LogP contribution in [-0.4, -0.2) is 63.6 Å². The lowest BCUT2D eigenvalue weighted by molar-refractivity contribution is 0.0282. The summed E-state index contributed by atoms with van der Waals surface area (Å²) in [5.74, 6) is -0.0656. The first-order valence-corrected chi connectivity index (χ1v) is 13.9. The molecule has 1 unspecified atom stereocenters. The van der Waals surface area contributed by atoms with Crippen molar-refractivity contribution in [2.75, 3.05) is 20.7 Å². The zero-order valence-electron chi connectivity index (χ0n) is 26.2. The van der Waals surface area contributed by atoms with Gasteiger partial charge in [0.15, 0.2) is 0 Å². The molecule has 3 N–H and O–H groups in total. The normalized spacial score (nSPS) is 14.0. The molecule has 2 heterocycles. The Morgan fingerprint density at radius 1 is 1.19 bits per heavy atom. The van der Waals surface area contributed by atoms with E-state index in [0.29, 0.717) is 40.4 Å². The zero-order chi connectivity index (χ0) is 31.4. The molecule has 0 saturated carbocycles. The molecule has 0 radical (unpaired) electrons. The number of amides is 1. The van der Waals surface area contributed by atoms with Gasteiger partial charge >= 0.3 is 6.09 Å². The predicted octanol–water partition coefficient (Wildman–Crippen LogP) is 5.99. The number of aliphatic imine (C=N–C) groups is 1. The molecule has 42 heavy (non-hydrogen) atoms. The number of nitrogens with zero attached hydrogens (tertiary/aromatic N) is 4. The molecule has 0 fully saturated rings. The van der Waals surface area contributed by atoms with Gasteiger partial charge in [-0.15, -0.1) is 0 Å². The Kier molecular flexibility index (Phi) is 10.0. The highest BCUT2D eigenvalue weighted by molar-refractivity contribution is 5.98. The van der Waals surface area contributed by atoms with E-state index in [0.717, 1.165) is 11.3 Å². The lowest BCUT2D eigenvalue weighted by Crippen LogP contribution is -2.34. The number of halogens is 1. The van der Waals surface area contributed by atoms with Gasteiger partial charge in [0.05, 0.1) is 31.1 Å². The molecule has 0 spiro atoms. The average Bonchev–Trinajstić information content (AvgIpc) is 3.30. The van der Waals surface area contributed by atoms with Gasteiger partial charge in [-0.2, -0.15) is 0 Å². The first kappa shape index (κ1) is 32.6. The number of hydrogen-bond acceptors (Lipinski definition) is 7. The third kappa shape index (κ3) is 8.09. The Labute approximate surface area is 247 Å². The summed E-state index contributed by atoms with van der Waals surface area (Å²) in [5.41, 5.74) is 10.0. The minimum atomic E-state index is -0.862. The van der Waals surface area contributed by atoms with Gasteiger partial charge in [0.2, 0.25) is 0 Å². The van der Waals surface area contributed by atoms with Crippen molar-refractivity contribution in [2.45, 2.75) is 73.1 Å². The fraction of sp³-hybridized carbons (Fsp3) is 0.469. The van der Waals surface area contributed by atoms with E-state index < -0.39 is 29.0 Å². The van der Waals surface area contributed by atoms with Crippen molar-refractivity contribution in [1.82, 2.24) is 14.3 Å². The first-order chi connectivity index (χ1) is 19.5. The van der Waals surface area contributed by atoms with Crippen LogP contribution >= 0.6 is 0 Å². The number of rotatable bonds is 9. The molecule has 0 aliphatic rings. The van der Waals surface area contributed by atoms with Crippen molar-refractivity contribution in [3.8, 4) is 16.9 Å². The number of hydrogen-bond donors (Lipinski definition) is 2. The van der Waals surface area contributed by atoms with Crippen molar-refractivity contribution in [1.29, 1.82) is 0 Å². The molecule has 9 nitrogen and oxygen atoms in total. The second kappa shape index (κ2) is 12.9. The second-order valence-electron chi connectivity index (χ2n) is 12.5. The standard InChI is InChI=1S/C32H44FN5O4/c1-20(35-8)24(28(34)29(39)31(2,3)4)14-15-41-26-16-22(33)11-12-25(26)21-10-13-27-36-17-23(38(27)18-21)19-37(9)30(40)42-32(5,6)7/h10-13,16-18,29,39H,14-15,19,34H2,1-9H3/b28-24-,35-20?. The van der Waals surface area contributed by atoms with Crippen LogP contribution in [0.4, 0.5) is 9.18 Å². The zero-order valence-corrected chi connectivity index (χ0v) is 26.2. The summed E-state index contributed by atoms with van der Waals surface area (Å²) in [4.78, 5) is 22.7. The van der Waals surface area contributed by atoms with Gasteiger partial charge in [0, 0.05) is 55.3 Å². The SMILES string of the molecule is CN=C(C)/C(CCOc1cc(F)ccc1-c1ccc2ncc(CN(C)C(=O)OC(C)(C)C)n2c1)=C(\N)C(O)C(C)(C)C. The third-order valence-electron chi connectivity index (χ3n) is 6.79. The number of fused-ring (bicyclic) bond motifs is 1. The molecule has 0 bridgehead atoms. The molecule has 10 heteroatoms. The summed E-state index contributed by atoms with van der Waals surface area (Å²) in [6.45, 7) is 13.5. The molecule has 3 rings (SSSR count). The Bertz CT molecular complexity index is 1480. The molecule has 1 atom stereocenters. The highest BCUT2D eigenvalue weighted by Gasteiger charge is 2.27. The second-order valence-corrected chi connectivity index (χ2v) is 12.5. The number of nitrogens with two attached hydrogens (primary N) is 1. The summed E-state index contributed by atoms with van der Waals surface area (Å²) >= 11 is 0. The van der Waals surface area contributed by atoms with Crippen molar-refractivity contribution < 1.29 is 23.8 Å². The van der Waals surface area contributed by atoms with Crippen LogP contribution in [0.3, 0.4) is 0 Å². The number of benzene rings is 1. The summed E-state index contributed by atoms with van der Waals surface area (Å²) in [5, 5.41) is 10.8. The number of aliphatic hydroxyl groups excluding tert-OH is 1. The predicted molar refractivity (Wildman–Crippen MR) is 164 cm³/mol. The van der Waals surface area contributed by atoms with Crippen LogP contribution in [0.5, 0.6) is 5.75 Å². The van der Waals surface area contributed by atoms with E-state index in [1.165, 1.54) is 17.0 Å². The molecular weight excluding hydrogens is 537 g/mol. The van der Waals surface area contributed by atoms with Gasteiger partial charge < -0.3 is 29.6 Å². The van der Waals surface area contributed by atoms with Crippen LogP contribution in [-0.2, 0) is 11.3 Å². The fourth-order valence-electron chi connectivity index (χ4n) is 4.37. The molecule has 0 aliphatic heterocycles. The van der Waals surface area contributed by atoms with Gasteiger partial charge in [-0.1, -0.05) is 20.8 Å². The van der Waals surface area contributed by atoms with E-state index >= 15 is 0 Å². The minimum Gasteiger partial charge on any atom is -0.492 e. The van der Waals surface area contributed by atoms with Crippen LogP contribution in [0.2, 0.25) is 0 Å². The average molecular weight is 582 g/mol. The number of ether oxygens (including phenoxy) is 2. The summed E-state index contributed by atoms with van der Waals surface area (Å²) < 4.78 is 27.9. The topological polar surface area (TPSA) is 115 Å². The van der Waals surface area contributed by atoms with Crippen LogP contribution in [0, 0.1) is 11.2 Å². The molecule has 228 valence electrons.